The van der Waals surface area contributed by atoms with E-state index in [-0.39, 0.29) is 29.5 Å². The minimum absolute atomic E-state index is 0.117. The predicted molar refractivity (Wildman–Crippen MR) is 117 cm³/mol. The van der Waals surface area contributed by atoms with E-state index in [0.29, 0.717) is 50.3 Å². The first-order valence-corrected chi connectivity index (χ1v) is 11.8. The summed E-state index contributed by atoms with van der Waals surface area (Å²) in [5.41, 5.74) is 0.689. The van der Waals surface area contributed by atoms with Crippen LogP contribution in [0.4, 0.5) is 4.39 Å². The number of nitrogens with one attached hydrogen (secondary N) is 1. The molecule has 0 saturated carbocycles. The molecule has 0 bridgehead atoms. The fraction of sp³-hybridized carbons (Fsp3) is 0.429. The van der Waals surface area contributed by atoms with Crippen LogP contribution in [-0.2, 0) is 21.5 Å². The number of amidine groups is 1. The lowest BCUT2D eigenvalue weighted by atomic mass is 10.0. The van der Waals surface area contributed by atoms with Crippen LogP contribution in [0.15, 0.2) is 53.0 Å². The Balaban J connectivity index is 1.61. The lowest BCUT2D eigenvalue weighted by molar-refractivity contribution is -0.117. The van der Waals surface area contributed by atoms with Gasteiger partial charge in [-0.3, -0.25) is 4.79 Å². The molecule has 1 unspecified atom stereocenters. The molecule has 11 heteroatoms. The average molecular weight is 464 g/mol. The van der Waals surface area contributed by atoms with Crippen molar-refractivity contribution < 1.29 is 22.7 Å². The van der Waals surface area contributed by atoms with Gasteiger partial charge in [0.05, 0.1) is 11.7 Å². The molecule has 2 N–H and O–H groups in total. The summed E-state index contributed by atoms with van der Waals surface area (Å²) in [6.07, 6.45) is 1.94. The first-order valence-electron chi connectivity index (χ1n) is 10.4. The molecule has 1 atom stereocenters. The Morgan fingerprint density at radius 1 is 1.25 bits per heavy atom. The van der Waals surface area contributed by atoms with Crippen molar-refractivity contribution in [2.24, 2.45) is 4.99 Å². The Hall–Kier alpha value is -2.76. The van der Waals surface area contributed by atoms with Gasteiger partial charge in [0.2, 0.25) is 0 Å². The van der Waals surface area contributed by atoms with E-state index >= 15 is 0 Å². The topological polar surface area (TPSA) is 106 Å². The van der Waals surface area contributed by atoms with Crippen LogP contribution < -0.4 is 5.32 Å². The Labute approximate surface area is 186 Å². The highest BCUT2D eigenvalue weighted by atomic mass is 32.2. The Kier molecular flexibility index (Phi) is 6.06. The van der Waals surface area contributed by atoms with Crippen molar-refractivity contribution in [3.05, 3.63) is 59.4 Å². The number of benzene rings is 1. The van der Waals surface area contributed by atoms with Crippen molar-refractivity contribution in [3.63, 3.8) is 0 Å². The number of piperidine rings is 1. The highest BCUT2D eigenvalue weighted by molar-refractivity contribution is 7.86. The fourth-order valence-electron chi connectivity index (χ4n) is 4.18. The number of rotatable bonds is 4. The molecule has 1 aromatic rings. The third-order valence-electron chi connectivity index (χ3n) is 5.95. The van der Waals surface area contributed by atoms with Gasteiger partial charge in [0.25, 0.3) is 16.1 Å². The van der Waals surface area contributed by atoms with Gasteiger partial charge in [-0.15, -0.1) is 0 Å². The maximum absolute atomic E-state index is 13.1. The quantitative estimate of drug-likeness (QED) is 0.704. The summed E-state index contributed by atoms with van der Waals surface area (Å²) in [7, 11) is -2.11. The summed E-state index contributed by atoms with van der Waals surface area (Å²) in [5, 5.41) is 13.3. The zero-order valence-electron chi connectivity index (χ0n) is 17.8. The zero-order chi connectivity index (χ0) is 23.0. The number of carbonyl (C=O) groups is 1. The number of carbonyl (C=O) groups excluding carboxylic acids is 1. The number of aliphatic hydroxyl groups is 1. The molecule has 32 heavy (non-hydrogen) atoms. The van der Waals surface area contributed by atoms with E-state index in [9.17, 15) is 22.7 Å². The number of fused-ring (bicyclic) bond motifs is 1. The molecule has 2 fully saturated rings. The number of aliphatic imine (C=N–C) groups is 1. The fourth-order valence-corrected chi connectivity index (χ4v) is 5.78. The van der Waals surface area contributed by atoms with Crippen LogP contribution >= 0.6 is 0 Å². The van der Waals surface area contributed by atoms with Gasteiger partial charge in [-0.05, 0) is 37.0 Å². The summed E-state index contributed by atoms with van der Waals surface area (Å²) in [6.45, 7) is 5.36. The molecule has 0 aromatic heterocycles. The van der Waals surface area contributed by atoms with Gasteiger partial charge in [-0.25, -0.2) is 9.38 Å². The Morgan fingerprint density at radius 2 is 1.97 bits per heavy atom. The molecule has 0 spiro atoms. The van der Waals surface area contributed by atoms with Crippen LogP contribution in [0.5, 0.6) is 0 Å². The number of hydrogen-bond acceptors (Lipinski definition) is 6. The molecule has 1 amide bonds. The maximum Gasteiger partial charge on any atom is 0.282 e. The first kappa shape index (κ1) is 22.4. The van der Waals surface area contributed by atoms with Gasteiger partial charge in [0, 0.05) is 33.2 Å². The van der Waals surface area contributed by atoms with E-state index in [2.05, 4.69) is 16.9 Å². The lowest BCUT2D eigenvalue weighted by Crippen LogP contribution is -2.59. The van der Waals surface area contributed by atoms with E-state index < -0.39 is 22.2 Å². The van der Waals surface area contributed by atoms with Crippen molar-refractivity contribution in [1.82, 2.24) is 18.8 Å². The third-order valence-corrected chi connectivity index (χ3v) is 7.95. The van der Waals surface area contributed by atoms with Crippen LogP contribution in [-0.4, -0.2) is 71.5 Å². The van der Waals surface area contributed by atoms with Crippen LogP contribution in [0.1, 0.15) is 24.8 Å². The van der Waals surface area contributed by atoms with Gasteiger partial charge in [0.15, 0.2) is 11.5 Å². The minimum atomic E-state index is -3.65. The number of amides is 1. The molecular weight excluding hydrogens is 437 g/mol. The Bertz CT molecular complexity index is 1100. The van der Waals surface area contributed by atoms with Gasteiger partial charge in [0.1, 0.15) is 11.7 Å². The van der Waals surface area contributed by atoms with Gasteiger partial charge >= 0.3 is 0 Å². The van der Waals surface area contributed by atoms with Gasteiger partial charge < -0.3 is 15.3 Å². The maximum atomic E-state index is 13.1. The van der Waals surface area contributed by atoms with Crippen molar-refractivity contribution in [1.29, 1.82) is 0 Å². The van der Waals surface area contributed by atoms with Crippen LogP contribution in [0.2, 0.25) is 0 Å². The molecule has 0 aliphatic carbocycles. The van der Waals surface area contributed by atoms with Gasteiger partial charge in [-0.1, -0.05) is 18.7 Å². The lowest BCUT2D eigenvalue weighted by Gasteiger charge is -2.44. The molecule has 1 aromatic carbocycles. The molecule has 9 nitrogen and oxygen atoms in total. The zero-order valence-corrected chi connectivity index (χ0v) is 18.6. The molecule has 2 saturated heterocycles. The van der Waals surface area contributed by atoms with E-state index in [1.165, 1.54) is 20.7 Å². The second-order valence-electron chi connectivity index (χ2n) is 8.03. The van der Waals surface area contributed by atoms with Crippen LogP contribution in [0, 0.1) is 5.82 Å². The molecule has 3 aliphatic heterocycles. The third kappa shape index (κ3) is 4.03. The van der Waals surface area contributed by atoms with Crippen LogP contribution in [0.25, 0.3) is 0 Å². The summed E-state index contributed by atoms with van der Waals surface area (Å²) < 4.78 is 41.7. The highest BCUT2D eigenvalue weighted by Crippen LogP contribution is 2.32. The minimum Gasteiger partial charge on any atom is -0.504 e. The van der Waals surface area contributed by atoms with E-state index in [1.54, 1.807) is 24.1 Å². The average Bonchev–Trinajstić information content (AvgIpc) is 2.77. The normalized spacial score (nSPS) is 24.2. The van der Waals surface area contributed by atoms with Gasteiger partial charge in [-0.2, -0.15) is 17.0 Å². The molecule has 0 radical (unpaired) electrons. The van der Waals surface area contributed by atoms with Crippen molar-refractivity contribution in [2.75, 3.05) is 26.7 Å². The molecular formula is C21H26FN5O4S. The highest BCUT2D eigenvalue weighted by Gasteiger charge is 2.44. The van der Waals surface area contributed by atoms with E-state index in [1.807, 2.05) is 0 Å². The number of halogens is 1. The molecule has 3 heterocycles. The summed E-state index contributed by atoms with van der Waals surface area (Å²) >= 11 is 0. The van der Waals surface area contributed by atoms with Crippen LogP contribution in [0.3, 0.4) is 0 Å². The first-order chi connectivity index (χ1) is 15.2. The molecule has 3 aliphatic rings. The van der Waals surface area contributed by atoms with E-state index in [4.69, 9.17) is 0 Å². The monoisotopic (exact) mass is 463 g/mol. The predicted octanol–water partition coefficient (Wildman–Crippen LogP) is 1.48. The standard InChI is InChI=1S/C21H26FN5O4S/c1-14-19(28)18(21(29)23-13-15-6-8-16(22)9-7-15)24-20-17(5-3-11-26(14)20)27-12-4-10-25(2)32(27,30)31/h6-9,17,28H,1,3-5,10-13H2,2H3,(H,23,29). The molecule has 4 rings (SSSR count). The number of nitrogens with zero attached hydrogens (tertiary/aromatic N) is 4. The second-order valence-corrected chi connectivity index (χ2v) is 10.0. The summed E-state index contributed by atoms with van der Waals surface area (Å²) in [6, 6.07) is 5.13. The van der Waals surface area contributed by atoms with Crippen molar-refractivity contribution in [2.45, 2.75) is 31.8 Å². The largest absolute Gasteiger partial charge is 0.504 e. The smallest absolute Gasteiger partial charge is 0.282 e. The second kappa shape index (κ2) is 8.64. The number of aliphatic hydroxyl groups excluding tert-OH is 1. The summed E-state index contributed by atoms with van der Waals surface area (Å²) in [5.74, 6) is -0.949. The summed E-state index contributed by atoms with van der Waals surface area (Å²) in [4.78, 5) is 18.9. The molecule has 172 valence electrons. The SMILES string of the molecule is C=C1C(O)=C(C(=O)NCc2ccc(F)cc2)N=C2C(N3CCCN(C)S3(=O)=O)CCCN12. The van der Waals surface area contributed by atoms with E-state index in [0.717, 1.165) is 0 Å². The van der Waals surface area contributed by atoms with Crippen molar-refractivity contribution in [3.8, 4) is 0 Å². The Morgan fingerprint density at radius 3 is 2.69 bits per heavy atom. The number of hydrogen-bond donors (Lipinski definition) is 2. The van der Waals surface area contributed by atoms with Crippen molar-refractivity contribution >= 4 is 22.0 Å².